The van der Waals surface area contributed by atoms with Crippen LogP contribution in [0.5, 0.6) is 0 Å². The minimum atomic E-state index is -2.01. The molecule has 0 aromatic rings. The van der Waals surface area contributed by atoms with Crippen LogP contribution in [0.3, 0.4) is 0 Å². The Bertz CT molecular complexity index is 537. The number of aliphatic carboxylic acids is 2. The fraction of sp³-hybridized carbons (Fsp3) is 0.429. The molecule has 0 aliphatic rings. The van der Waals surface area contributed by atoms with Gasteiger partial charge < -0.3 is 19.8 Å². The predicted molar refractivity (Wildman–Crippen MR) is 75.5 cm³/mol. The van der Waals surface area contributed by atoms with Crippen molar-refractivity contribution < 1.29 is 48.6 Å². The molecule has 0 fully saturated rings. The van der Waals surface area contributed by atoms with E-state index in [9.17, 15) is 48.6 Å². The van der Waals surface area contributed by atoms with E-state index in [1.165, 1.54) is 0 Å². The summed E-state index contributed by atoms with van der Waals surface area (Å²) < 4.78 is 0. The van der Waals surface area contributed by atoms with E-state index < -0.39 is 58.5 Å². The van der Waals surface area contributed by atoms with Gasteiger partial charge in [-0.05, 0) is 27.7 Å². The molecule has 0 saturated carbocycles. The summed E-state index contributed by atoms with van der Waals surface area (Å²) in [6, 6.07) is 0. The maximum Gasteiger partial charge on any atom is 2.00 e. The number of Topliss-reactive ketones (excluding diaryl/α,β-unsaturated/α-hetero) is 6. The zero-order valence-corrected chi connectivity index (χ0v) is 16.2. The van der Waals surface area contributed by atoms with Crippen molar-refractivity contribution in [2.75, 3.05) is 0 Å². The van der Waals surface area contributed by atoms with Crippen LogP contribution in [-0.4, -0.2) is 84.4 Å². The van der Waals surface area contributed by atoms with E-state index in [0.717, 1.165) is 27.7 Å². The van der Waals surface area contributed by atoms with Gasteiger partial charge in [-0.1, -0.05) is 0 Å². The minimum Gasteiger partial charge on any atom is -0.542 e. The Morgan fingerprint density at radius 1 is 0.520 bits per heavy atom. The minimum absolute atomic E-state index is 0. The molecule has 0 aliphatic carbocycles. The van der Waals surface area contributed by atoms with Gasteiger partial charge in [0, 0.05) is 0 Å². The summed E-state index contributed by atoms with van der Waals surface area (Å²) in [6.07, 6.45) is 0. The molecule has 10 nitrogen and oxygen atoms in total. The second-order valence-corrected chi connectivity index (χ2v) is 4.61. The Balaban J connectivity index is -0.000000372. The second-order valence-electron chi connectivity index (χ2n) is 4.61. The largest absolute Gasteiger partial charge is 2.00 e. The zero-order chi connectivity index (χ0) is 19.8. The normalized spacial score (nSPS) is 9.20. The van der Waals surface area contributed by atoms with Gasteiger partial charge in [0.05, 0.1) is 0 Å². The predicted octanol–water partition coefficient (Wildman–Crippen LogP) is -4.18. The third-order valence-electron chi connectivity index (χ3n) is 2.55. The first-order valence-corrected chi connectivity index (χ1v) is 6.27. The Morgan fingerprint density at radius 3 is 0.720 bits per heavy atom. The van der Waals surface area contributed by atoms with Crippen LogP contribution >= 0.6 is 0 Å². The first-order chi connectivity index (χ1) is 10.7. The molecule has 0 aromatic carbocycles. The van der Waals surface area contributed by atoms with E-state index in [-0.39, 0.29) is 37.7 Å². The van der Waals surface area contributed by atoms with Crippen molar-refractivity contribution in [2.24, 2.45) is 11.8 Å². The number of hydrogen-bond donors (Lipinski definition) is 0. The molecule has 11 heteroatoms. The van der Waals surface area contributed by atoms with E-state index >= 15 is 0 Å². The van der Waals surface area contributed by atoms with Gasteiger partial charge in [0.2, 0.25) is 0 Å². The molecule has 0 heterocycles. The molecule has 0 amide bonds. The first kappa shape index (κ1) is 28.0. The summed E-state index contributed by atoms with van der Waals surface area (Å²) in [5.41, 5.74) is 0. The number of carbonyl (C=O) groups is 8. The van der Waals surface area contributed by atoms with E-state index in [2.05, 4.69) is 0 Å². The fourth-order valence-electron chi connectivity index (χ4n) is 1.55. The molecular weight excluding hydrogens is 368 g/mol. The Labute approximate surface area is 171 Å². The standard InChI is InChI=1S/2C7H8O5.Ca/c2*1-3(8)5(4(2)9)6(10)7(11)12;/h2*5H,1-2H3,(H,11,12);/q;;+2/p-2. The van der Waals surface area contributed by atoms with Gasteiger partial charge in [-0.2, -0.15) is 0 Å². The summed E-state index contributed by atoms with van der Waals surface area (Å²) >= 11 is 0. The fourth-order valence-corrected chi connectivity index (χ4v) is 1.55. The van der Waals surface area contributed by atoms with Crippen molar-refractivity contribution in [2.45, 2.75) is 27.7 Å². The molecule has 0 aliphatic heterocycles. The van der Waals surface area contributed by atoms with E-state index in [0.29, 0.717) is 0 Å². The van der Waals surface area contributed by atoms with E-state index in [1.807, 2.05) is 0 Å². The average Bonchev–Trinajstić information content (AvgIpc) is 2.37. The third-order valence-corrected chi connectivity index (χ3v) is 2.55. The molecule has 0 unspecified atom stereocenters. The zero-order valence-electron chi connectivity index (χ0n) is 13.9. The van der Waals surface area contributed by atoms with Gasteiger partial charge in [0.15, 0.2) is 11.6 Å². The van der Waals surface area contributed by atoms with Gasteiger partial charge in [-0.15, -0.1) is 0 Å². The van der Waals surface area contributed by atoms with Gasteiger partial charge in [0.25, 0.3) is 0 Å². The van der Waals surface area contributed by atoms with Crippen molar-refractivity contribution in [1.29, 1.82) is 0 Å². The summed E-state index contributed by atoms with van der Waals surface area (Å²) in [6.45, 7) is 3.92. The van der Waals surface area contributed by atoms with Gasteiger partial charge in [0.1, 0.15) is 46.9 Å². The molecule has 0 atom stereocenters. The monoisotopic (exact) mass is 382 g/mol. The van der Waals surface area contributed by atoms with Crippen LogP contribution in [0.1, 0.15) is 27.7 Å². The van der Waals surface area contributed by atoms with Crippen LogP contribution < -0.4 is 10.2 Å². The molecule has 0 aromatic heterocycles. The van der Waals surface area contributed by atoms with Gasteiger partial charge in [-0.3, -0.25) is 28.8 Å². The number of hydrogen-bond acceptors (Lipinski definition) is 10. The Hall–Kier alpha value is -1.78. The van der Waals surface area contributed by atoms with Crippen LogP contribution in [0.2, 0.25) is 0 Å². The van der Waals surface area contributed by atoms with Gasteiger partial charge in [-0.25, -0.2) is 0 Å². The molecule has 25 heavy (non-hydrogen) atoms. The molecule has 0 spiro atoms. The quantitative estimate of drug-likeness (QED) is 0.227. The molecule has 0 radical (unpaired) electrons. The third kappa shape index (κ3) is 9.95. The SMILES string of the molecule is CC(=O)C(C(C)=O)C(=O)C(=O)[O-].CC(=O)C(C(C)=O)C(=O)C(=O)[O-].[Ca+2]. The van der Waals surface area contributed by atoms with Crippen molar-refractivity contribution in [1.82, 2.24) is 0 Å². The summed E-state index contributed by atoms with van der Waals surface area (Å²) in [5.74, 6) is -13.5. The number of carbonyl (C=O) groups excluding carboxylic acids is 8. The molecule has 0 N–H and O–H groups in total. The van der Waals surface area contributed by atoms with Crippen LogP contribution in [0.25, 0.3) is 0 Å². The molecule has 0 bridgehead atoms. The Kier molecular flexibility index (Phi) is 14.1. The summed E-state index contributed by atoms with van der Waals surface area (Å²) in [4.78, 5) is 83.6. The number of carboxylic acids is 2. The van der Waals surface area contributed by atoms with Crippen molar-refractivity contribution in [3.05, 3.63) is 0 Å². The molecule has 0 rings (SSSR count). The van der Waals surface area contributed by atoms with Crippen molar-refractivity contribution in [3.63, 3.8) is 0 Å². The average molecular weight is 382 g/mol. The maximum absolute atomic E-state index is 10.6. The summed E-state index contributed by atoms with van der Waals surface area (Å²) in [7, 11) is 0. The Morgan fingerprint density at radius 2 is 0.680 bits per heavy atom. The van der Waals surface area contributed by atoms with E-state index in [1.54, 1.807) is 0 Å². The number of rotatable bonds is 8. The second kappa shape index (κ2) is 12.6. The maximum atomic E-state index is 10.6. The summed E-state index contributed by atoms with van der Waals surface area (Å²) in [5, 5.41) is 20.0. The first-order valence-electron chi connectivity index (χ1n) is 6.27. The molecular formula is C14H14CaO10. The van der Waals surface area contributed by atoms with Crippen LogP contribution in [0, 0.1) is 11.8 Å². The van der Waals surface area contributed by atoms with E-state index in [4.69, 9.17) is 0 Å². The number of carboxylic acid groups (broad SMARTS) is 2. The topological polar surface area (TPSA) is 183 Å². The van der Waals surface area contributed by atoms with Crippen LogP contribution in [0.4, 0.5) is 0 Å². The van der Waals surface area contributed by atoms with Crippen molar-refractivity contribution >= 4 is 84.4 Å². The van der Waals surface area contributed by atoms with Crippen molar-refractivity contribution in [3.8, 4) is 0 Å². The van der Waals surface area contributed by atoms with Crippen LogP contribution in [-0.2, 0) is 38.4 Å². The molecule has 132 valence electrons. The number of ketones is 6. The van der Waals surface area contributed by atoms with Crippen LogP contribution in [0.15, 0.2) is 0 Å². The van der Waals surface area contributed by atoms with Gasteiger partial charge >= 0.3 is 37.7 Å². The smallest absolute Gasteiger partial charge is 0.542 e. The molecule has 0 saturated heterocycles.